The van der Waals surface area contributed by atoms with E-state index in [9.17, 15) is 14.4 Å². The highest BCUT2D eigenvalue weighted by Crippen LogP contribution is 2.53. The Labute approximate surface area is 99.8 Å². The SMILES string of the molecule is CCCC(CC(C)C)(CC(C)C)P(=O)([O-])[O-]. The van der Waals surface area contributed by atoms with Crippen LogP contribution < -0.4 is 9.79 Å². The molecule has 0 heterocycles. The fraction of sp³-hybridized carbons (Fsp3) is 1.00. The lowest BCUT2D eigenvalue weighted by molar-refractivity contribution is -0.322. The summed E-state index contributed by atoms with van der Waals surface area (Å²) in [6, 6.07) is 0. The van der Waals surface area contributed by atoms with E-state index in [1.54, 1.807) is 0 Å². The van der Waals surface area contributed by atoms with Crippen molar-refractivity contribution < 1.29 is 14.4 Å². The van der Waals surface area contributed by atoms with Gasteiger partial charge in [-0.3, -0.25) is 0 Å². The first-order valence-corrected chi connectivity index (χ1v) is 7.71. The van der Waals surface area contributed by atoms with Gasteiger partial charge in [0.2, 0.25) is 0 Å². The highest BCUT2D eigenvalue weighted by atomic mass is 31.2. The van der Waals surface area contributed by atoms with Gasteiger partial charge in [0.05, 0.1) is 0 Å². The molecule has 0 saturated heterocycles. The van der Waals surface area contributed by atoms with Crippen LogP contribution in [0.15, 0.2) is 0 Å². The Balaban J connectivity index is 5.13. The average Bonchev–Trinajstić information content (AvgIpc) is 1.99. The molecule has 0 aromatic carbocycles. The summed E-state index contributed by atoms with van der Waals surface area (Å²) in [5, 5.41) is -1.02. The Kier molecular flexibility index (Phi) is 6.24. The van der Waals surface area contributed by atoms with Gasteiger partial charge in [0, 0.05) is 0 Å². The van der Waals surface area contributed by atoms with E-state index in [-0.39, 0.29) is 11.8 Å². The second kappa shape index (κ2) is 6.18. The summed E-state index contributed by atoms with van der Waals surface area (Å²) >= 11 is 0. The van der Waals surface area contributed by atoms with E-state index in [2.05, 4.69) is 0 Å². The summed E-state index contributed by atoms with van der Waals surface area (Å²) < 4.78 is 11.6. The topological polar surface area (TPSA) is 63.2 Å². The summed E-state index contributed by atoms with van der Waals surface area (Å²) in [6.45, 7) is 9.83. The molecule has 0 bridgehead atoms. The molecule has 0 radical (unpaired) electrons. The van der Waals surface area contributed by atoms with Gasteiger partial charge in [-0.1, -0.05) is 48.6 Å². The van der Waals surface area contributed by atoms with E-state index in [1.807, 2.05) is 34.6 Å². The molecule has 0 rings (SSSR count). The third-order valence-electron chi connectivity index (χ3n) is 2.87. The van der Waals surface area contributed by atoms with Crippen LogP contribution in [0.4, 0.5) is 0 Å². The second-order valence-electron chi connectivity index (χ2n) is 5.67. The number of rotatable bonds is 7. The Hall–Kier alpha value is 0.150. The monoisotopic (exact) mass is 248 g/mol. The first kappa shape index (κ1) is 16.1. The van der Waals surface area contributed by atoms with Crippen LogP contribution in [0, 0.1) is 11.8 Å². The molecule has 4 heteroatoms. The second-order valence-corrected chi connectivity index (χ2v) is 7.61. The van der Waals surface area contributed by atoms with Gasteiger partial charge in [0.25, 0.3) is 0 Å². The van der Waals surface area contributed by atoms with Crippen molar-refractivity contribution in [1.82, 2.24) is 0 Å². The van der Waals surface area contributed by atoms with Crippen LogP contribution in [0.5, 0.6) is 0 Å². The smallest absolute Gasteiger partial charge is 0.00149 e. The zero-order valence-electron chi connectivity index (χ0n) is 11.2. The summed E-state index contributed by atoms with van der Waals surface area (Å²) in [7, 11) is -4.53. The lowest BCUT2D eigenvalue weighted by atomic mass is 9.85. The molecule has 16 heavy (non-hydrogen) atoms. The van der Waals surface area contributed by atoms with Crippen molar-refractivity contribution in [2.24, 2.45) is 11.8 Å². The molecule has 0 atom stereocenters. The van der Waals surface area contributed by atoms with Gasteiger partial charge in [-0.15, -0.1) is 0 Å². The molecular weight excluding hydrogens is 223 g/mol. The minimum atomic E-state index is -4.53. The molecule has 0 aliphatic carbocycles. The van der Waals surface area contributed by atoms with Gasteiger partial charge < -0.3 is 14.4 Å². The highest BCUT2D eigenvalue weighted by molar-refractivity contribution is 7.50. The molecule has 0 fully saturated rings. The Bertz CT molecular complexity index is 233. The normalized spacial score (nSPS) is 13.8. The van der Waals surface area contributed by atoms with Crippen molar-refractivity contribution in [2.45, 2.75) is 65.5 Å². The molecule has 98 valence electrons. The van der Waals surface area contributed by atoms with Crippen LogP contribution in [0.25, 0.3) is 0 Å². The van der Waals surface area contributed by atoms with E-state index in [0.717, 1.165) is 6.42 Å². The number of hydrogen-bond acceptors (Lipinski definition) is 3. The number of hydrogen-bond donors (Lipinski definition) is 0. The molecule has 0 aromatic rings. The minimum Gasteiger partial charge on any atom is -0.810 e. The summed E-state index contributed by atoms with van der Waals surface area (Å²) in [5.41, 5.74) is 0. The molecule has 0 saturated carbocycles. The van der Waals surface area contributed by atoms with Crippen molar-refractivity contribution in [3.8, 4) is 0 Å². The maximum Gasteiger partial charge on any atom is -0.00149 e. The predicted molar refractivity (Wildman–Crippen MR) is 64.2 cm³/mol. The van der Waals surface area contributed by atoms with E-state index in [1.165, 1.54) is 0 Å². The molecule has 0 amide bonds. The van der Waals surface area contributed by atoms with Crippen LogP contribution in [-0.4, -0.2) is 5.16 Å². The molecule has 3 nitrogen and oxygen atoms in total. The minimum absolute atomic E-state index is 0.238. The fourth-order valence-corrected chi connectivity index (χ4v) is 4.31. The quantitative estimate of drug-likeness (QED) is 0.650. The van der Waals surface area contributed by atoms with Crippen molar-refractivity contribution in [2.75, 3.05) is 0 Å². The van der Waals surface area contributed by atoms with E-state index >= 15 is 0 Å². The first-order valence-electron chi connectivity index (χ1n) is 6.16. The zero-order chi connectivity index (χ0) is 13.0. The van der Waals surface area contributed by atoms with Gasteiger partial charge >= 0.3 is 0 Å². The summed E-state index contributed by atoms with van der Waals surface area (Å²) in [5.74, 6) is 0.475. The van der Waals surface area contributed by atoms with Crippen molar-refractivity contribution >= 4 is 7.60 Å². The molecule has 0 aromatic heterocycles. The lowest BCUT2D eigenvalue weighted by Crippen LogP contribution is -2.41. The fourth-order valence-electron chi connectivity index (χ4n) is 2.63. The predicted octanol–water partition coefficient (Wildman–Crippen LogP) is 2.53. The molecule has 0 unspecified atom stereocenters. The van der Waals surface area contributed by atoms with Crippen LogP contribution in [0.2, 0.25) is 0 Å². The zero-order valence-corrected chi connectivity index (χ0v) is 12.0. The average molecular weight is 248 g/mol. The Morgan fingerprint density at radius 1 is 1.06 bits per heavy atom. The third kappa shape index (κ3) is 4.57. The molecule has 0 aliphatic rings. The molecule has 0 N–H and O–H groups in total. The van der Waals surface area contributed by atoms with E-state index in [4.69, 9.17) is 0 Å². The van der Waals surface area contributed by atoms with Crippen LogP contribution >= 0.6 is 7.60 Å². The van der Waals surface area contributed by atoms with Gasteiger partial charge in [-0.25, -0.2) is 0 Å². The Morgan fingerprint density at radius 2 is 1.44 bits per heavy atom. The first-order chi connectivity index (χ1) is 7.14. The van der Waals surface area contributed by atoms with Gasteiger partial charge in [0.15, 0.2) is 0 Å². The maximum absolute atomic E-state index is 11.6. The van der Waals surface area contributed by atoms with Crippen LogP contribution in [-0.2, 0) is 4.57 Å². The Morgan fingerprint density at radius 3 is 1.62 bits per heavy atom. The van der Waals surface area contributed by atoms with Gasteiger partial charge in [0.1, 0.15) is 0 Å². The van der Waals surface area contributed by atoms with Crippen LogP contribution in [0.3, 0.4) is 0 Å². The molecular formula is C12H25O3P-2. The van der Waals surface area contributed by atoms with Crippen molar-refractivity contribution in [3.63, 3.8) is 0 Å². The maximum atomic E-state index is 11.6. The largest absolute Gasteiger partial charge is 0.810 e. The third-order valence-corrected chi connectivity index (χ3v) is 4.62. The van der Waals surface area contributed by atoms with E-state index in [0.29, 0.717) is 19.3 Å². The van der Waals surface area contributed by atoms with Crippen LogP contribution in [0.1, 0.15) is 60.3 Å². The highest BCUT2D eigenvalue weighted by Gasteiger charge is 2.34. The lowest BCUT2D eigenvalue weighted by Gasteiger charge is -2.52. The van der Waals surface area contributed by atoms with E-state index < -0.39 is 12.8 Å². The van der Waals surface area contributed by atoms with Gasteiger partial charge in [-0.2, -0.15) is 0 Å². The standard InChI is InChI=1S/C12H27O3P/c1-6-7-12(8-10(2)3,9-11(4)5)16(13,14)15/h10-11H,6-9H2,1-5H3,(H2,13,14,15)/p-2. The van der Waals surface area contributed by atoms with Gasteiger partial charge in [-0.05, 0) is 36.3 Å². The molecule has 0 aliphatic heterocycles. The summed E-state index contributed by atoms with van der Waals surface area (Å²) in [4.78, 5) is 23.2. The van der Waals surface area contributed by atoms with Crippen molar-refractivity contribution in [1.29, 1.82) is 0 Å². The molecule has 0 spiro atoms. The van der Waals surface area contributed by atoms with Crippen molar-refractivity contribution in [3.05, 3.63) is 0 Å². The summed E-state index contributed by atoms with van der Waals surface area (Å²) in [6.07, 6.45) is 2.22.